The summed E-state index contributed by atoms with van der Waals surface area (Å²) in [6, 6.07) is 0.540. The van der Waals surface area contributed by atoms with Gasteiger partial charge in [0.1, 0.15) is 0 Å². The number of nitrogens with zero attached hydrogens (tertiary/aromatic N) is 2. The quantitative estimate of drug-likeness (QED) is 0.870. The van der Waals surface area contributed by atoms with Crippen LogP contribution in [0.5, 0.6) is 0 Å². The second kappa shape index (κ2) is 6.20. The zero-order chi connectivity index (χ0) is 13.9. The summed E-state index contributed by atoms with van der Waals surface area (Å²) >= 11 is 3.68. The van der Waals surface area contributed by atoms with E-state index in [1.165, 1.54) is 10.2 Å². The van der Waals surface area contributed by atoms with Crippen LogP contribution in [-0.2, 0) is 13.0 Å². The fraction of sp³-hybridized carbons (Fsp3) is 0.786. The van der Waals surface area contributed by atoms with Crippen molar-refractivity contribution in [1.82, 2.24) is 15.1 Å². The predicted octanol–water partition coefficient (Wildman–Crippen LogP) is 3.54. The number of aryl methyl sites for hydroxylation is 2. The molecule has 0 saturated carbocycles. The van der Waals surface area contributed by atoms with E-state index in [-0.39, 0.29) is 5.41 Å². The maximum Gasteiger partial charge on any atom is 0.0738 e. The van der Waals surface area contributed by atoms with Gasteiger partial charge in [0.15, 0.2) is 0 Å². The summed E-state index contributed by atoms with van der Waals surface area (Å²) in [6.07, 6.45) is 2.21. The molecule has 0 saturated heterocycles. The second-order valence-electron chi connectivity index (χ2n) is 5.90. The van der Waals surface area contributed by atoms with Crippen molar-refractivity contribution >= 4 is 15.9 Å². The first-order chi connectivity index (χ1) is 8.30. The number of hydrogen-bond acceptors (Lipinski definition) is 2. The molecule has 0 aromatic carbocycles. The predicted molar refractivity (Wildman–Crippen MR) is 81.0 cm³/mol. The Balaban J connectivity index is 2.89. The minimum Gasteiger partial charge on any atom is -0.317 e. The first-order valence-corrected chi connectivity index (χ1v) is 7.49. The number of halogens is 1. The van der Waals surface area contributed by atoms with E-state index in [1.807, 2.05) is 7.05 Å². The molecule has 3 nitrogen and oxygen atoms in total. The summed E-state index contributed by atoms with van der Waals surface area (Å²) in [5.74, 6) is 0. The summed E-state index contributed by atoms with van der Waals surface area (Å²) in [6.45, 7) is 12.0. The highest BCUT2D eigenvalue weighted by Gasteiger charge is 2.25. The molecule has 0 radical (unpaired) electrons. The summed E-state index contributed by atoms with van der Waals surface area (Å²) in [5.41, 5.74) is 2.68. The average Bonchev–Trinajstić information content (AvgIpc) is 2.55. The molecule has 4 heteroatoms. The standard InChI is InChI=1S/C14H26BrN3/c1-7-18-12(13(15)11(3)17-18)9-14(4,5)8-10(2)16-6/h10,16H,7-9H2,1-6H3. The van der Waals surface area contributed by atoms with Crippen molar-refractivity contribution < 1.29 is 0 Å². The molecule has 1 N–H and O–H groups in total. The van der Waals surface area contributed by atoms with Crippen LogP contribution in [0.25, 0.3) is 0 Å². The Morgan fingerprint density at radius 1 is 1.44 bits per heavy atom. The van der Waals surface area contributed by atoms with E-state index in [9.17, 15) is 0 Å². The maximum atomic E-state index is 4.57. The highest BCUT2D eigenvalue weighted by molar-refractivity contribution is 9.10. The molecule has 0 bridgehead atoms. The zero-order valence-electron chi connectivity index (χ0n) is 12.5. The van der Waals surface area contributed by atoms with Crippen molar-refractivity contribution in [1.29, 1.82) is 0 Å². The summed E-state index contributed by atoms with van der Waals surface area (Å²) in [7, 11) is 2.02. The van der Waals surface area contributed by atoms with Gasteiger partial charge < -0.3 is 5.32 Å². The van der Waals surface area contributed by atoms with Gasteiger partial charge in [-0.25, -0.2) is 0 Å². The zero-order valence-corrected chi connectivity index (χ0v) is 14.1. The first kappa shape index (κ1) is 15.7. The van der Waals surface area contributed by atoms with Crippen LogP contribution in [0.15, 0.2) is 4.47 Å². The van der Waals surface area contributed by atoms with E-state index in [1.54, 1.807) is 0 Å². The molecule has 1 atom stereocenters. The number of nitrogens with one attached hydrogen (secondary N) is 1. The van der Waals surface area contributed by atoms with Gasteiger partial charge in [0.25, 0.3) is 0 Å². The molecule has 1 rings (SSSR count). The van der Waals surface area contributed by atoms with E-state index in [2.05, 4.69) is 65.6 Å². The molecular weight excluding hydrogens is 290 g/mol. The van der Waals surface area contributed by atoms with Crippen molar-refractivity contribution in [3.8, 4) is 0 Å². The topological polar surface area (TPSA) is 29.9 Å². The van der Waals surface area contributed by atoms with Gasteiger partial charge in [0.05, 0.1) is 15.9 Å². The van der Waals surface area contributed by atoms with Crippen LogP contribution in [0, 0.1) is 12.3 Å². The number of rotatable bonds is 6. The van der Waals surface area contributed by atoms with Crippen molar-refractivity contribution in [2.45, 2.75) is 60.0 Å². The Morgan fingerprint density at radius 3 is 2.56 bits per heavy atom. The van der Waals surface area contributed by atoms with Crippen LogP contribution in [0.2, 0.25) is 0 Å². The van der Waals surface area contributed by atoms with Crippen LogP contribution in [0.1, 0.15) is 45.5 Å². The van der Waals surface area contributed by atoms with E-state index in [0.717, 1.165) is 25.1 Å². The van der Waals surface area contributed by atoms with E-state index < -0.39 is 0 Å². The van der Waals surface area contributed by atoms with Gasteiger partial charge in [-0.3, -0.25) is 4.68 Å². The minimum atomic E-state index is 0.268. The molecule has 0 spiro atoms. The van der Waals surface area contributed by atoms with E-state index >= 15 is 0 Å². The van der Waals surface area contributed by atoms with Gasteiger partial charge in [0.2, 0.25) is 0 Å². The lowest BCUT2D eigenvalue weighted by atomic mass is 9.81. The Hall–Kier alpha value is -0.350. The van der Waals surface area contributed by atoms with Crippen LogP contribution < -0.4 is 5.32 Å². The van der Waals surface area contributed by atoms with Gasteiger partial charge >= 0.3 is 0 Å². The normalized spacial score (nSPS) is 13.9. The Morgan fingerprint density at radius 2 is 2.06 bits per heavy atom. The number of aromatic nitrogens is 2. The molecule has 18 heavy (non-hydrogen) atoms. The van der Waals surface area contributed by atoms with Crippen LogP contribution in [0.4, 0.5) is 0 Å². The first-order valence-electron chi connectivity index (χ1n) is 6.69. The van der Waals surface area contributed by atoms with E-state index in [4.69, 9.17) is 0 Å². The van der Waals surface area contributed by atoms with Crippen molar-refractivity contribution in [2.24, 2.45) is 5.41 Å². The summed E-state index contributed by atoms with van der Waals surface area (Å²) in [4.78, 5) is 0. The molecule has 0 aliphatic rings. The molecule has 1 unspecified atom stereocenters. The fourth-order valence-corrected chi connectivity index (χ4v) is 2.92. The lowest BCUT2D eigenvalue weighted by Crippen LogP contribution is -2.30. The third-order valence-electron chi connectivity index (χ3n) is 3.45. The monoisotopic (exact) mass is 315 g/mol. The lowest BCUT2D eigenvalue weighted by Gasteiger charge is -2.28. The molecule has 1 aromatic rings. The third kappa shape index (κ3) is 3.82. The molecule has 1 heterocycles. The Bertz CT molecular complexity index is 396. The number of hydrogen-bond donors (Lipinski definition) is 1. The van der Waals surface area contributed by atoms with Gasteiger partial charge in [0, 0.05) is 12.6 Å². The molecule has 0 aliphatic carbocycles. The van der Waals surface area contributed by atoms with Crippen LogP contribution in [0.3, 0.4) is 0 Å². The van der Waals surface area contributed by atoms with Gasteiger partial charge in [-0.05, 0) is 62.0 Å². The molecule has 0 fully saturated rings. The molecule has 104 valence electrons. The van der Waals surface area contributed by atoms with Gasteiger partial charge in [-0.2, -0.15) is 5.10 Å². The van der Waals surface area contributed by atoms with Crippen LogP contribution in [-0.4, -0.2) is 22.9 Å². The van der Waals surface area contributed by atoms with Crippen molar-refractivity contribution in [3.05, 3.63) is 15.9 Å². The largest absolute Gasteiger partial charge is 0.317 e. The van der Waals surface area contributed by atoms with Gasteiger partial charge in [-0.1, -0.05) is 13.8 Å². The summed E-state index contributed by atoms with van der Waals surface area (Å²) in [5, 5.41) is 7.89. The van der Waals surface area contributed by atoms with Gasteiger partial charge in [-0.15, -0.1) is 0 Å². The average molecular weight is 316 g/mol. The second-order valence-corrected chi connectivity index (χ2v) is 6.69. The highest BCUT2D eigenvalue weighted by Crippen LogP contribution is 2.32. The fourth-order valence-electron chi connectivity index (χ4n) is 2.49. The molecular formula is C14H26BrN3. The molecule has 1 aromatic heterocycles. The smallest absolute Gasteiger partial charge is 0.0738 e. The van der Waals surface area contributed by atoms with Crippen molar-refractivity contribution in [2.75, 3.05) is 7.05 Å². The summed E-state index contributed by atoms with van der Waals surface area (Å²) < 4.78 is 3.29. The SMILES string of the molecule is CCn1nc(C)c(Br)c1CC(C)(C)CC(C)NC. The van der Waals surface area contributed by atoms with E-state index in [0.29, 0.717) is 6.04 Å². The highest BCUT2D eigenvalue weighted by atomic mass is 79.9. The third-order valence-corrected chi connectivity index (χ3v) is 4.48. The molecule has 0 aliphatic heterocycles. The Labute approximate surface area is 119 Å². The maximum absolute atomic E-state index is 4.57. The molecule has 0 amide bonds. The lowest BCUT2D eigenvalue weighted by molar-refractivity contribution is 0.286. The Kier molecular flexibility index (Phi) is 5.41. The van der Waals surface area contributed by atoms with Crippen molar-refractivity contribution in [3.63, 3.8) is 0 Å². The minimum absolute atomic E-state index is 0.268. The van der Waals surface area contributed by atoms with Crippen LogP contribution >= 0.6 is 15.9 Å².